The maximum absolute atomic E-state index is 11.7. The molecular weight excluding hydrogens is 196 g/mol. The molecule has 0 aromatic heterocycles. The molecule has 1 fully saturated rings. The first-order chi connectivity index (χ1) is 7.00. The van der Waals surface area contributed by atoms with Crippen molar-refractivity contribution in [3.63, 3.8) is 0 Å². The zero-order valence-corrected chi connectivity index (χ0v) is 9.27. The molecule has 1 N–H and O–H groups in total. The second-order valence-electron chi connectivity index (χ2n) is 4.20. The molecule has 0 radical (unpaired) electrons. The van der Waals surface area contributed by atoms with Gasteiger partial charge in [-0.3, -0.25) is 9.59 Å². The molecule has 0 heterocycles. The Labute approximate surface area is 89.7 Å². The molecule has 1 aliphatic rings. The van der Waals surface area contributed by atoms with Crippen LogP contribution in [-0.4, -0.2) is 60.0 Å². The number of rotatable bonds is 6. The molecule has 0 bridgehead atoms. The van der Waals surface area contributed by atoms with E-state index in [9.17, 15) is 9.59 Å². The van der Waals surface area contributed by atoms with Crippen molar-refractivity contribution >= 4 is 11.9 Å². The smallest absolute Gasteiger partial charge is 0.305 e. The first kappa shape index (κ1) is 12.0. The summed E-state index contributed by atoms with van der Waals surface area (Å²) in [6, 6.07) is 0.289. The van der Waals surface area contributed by atoms with E-state index in [4.69, 9.17) is 5.11 Å². The van der Waals surface area contributed by atoms with Gasteiger partial charge >= 0.3 is 5.97 Å². The molecule has 0 unspecified atom stereocenters. The minimum absolute atomic E-state index is 0.0313. The van der Waals surface area contributed by atoms with Crippen LogP contribution in [0.5, 0.6) is 0 Å². The summed E-state index contributed by atoms with van der Waals surface area (Å²) in [5, 5.41) is 8.58. The second-order valence-corrected chi connectivity index (χ2v) is 4.20. The number of carbonyl (C=O) groups excluding carboxylic acids is 1. The van der Waals surface area contributed by atoms with Gasteiger partial charge < -0.3 is 14.9 Å². The molecule has 15 heavy (non-hydrogen) atoms. The van der Waals surface area contributed by atoms with Crippen molar-refractivity contribution in [2.45, 2.75) is 25.3 Å². The van der Waals surface area contributed by atoms with E-state index in [1.54, 1.807) is 9.80 Å². The predicted octanol–water partition coefficient (Wildman–Crippen LogP) is 0.0137. The number of nitrogens with zero attached hydrogens (tertiary/aromatic N) is 2. The lowest BCUT2D eigenvalue weighted by Gasteiger charge is -2.23. The molecule has 5 nitrogen and oxygen atoms in total. The number of likely N-dealkylation sites (N-methyl/N-ethyl adjacent to an activating group) is 1. The van der Waals surface area contributed by atoms with Crippen molar-refractivity contribution in [1.29, 1.82) is 0 Å². The highest BCUT2D eigenvalue weighted by atomic mass is 16.4. The third kappa shape index (κ3) is 4.29. The van der Waals surface area contributed by atoms with Gasteiger partial charge in [0.05, 0.1) is 13.0 Å². The van der Waals surface area contributed by atoms with Crippen LogP contribution in [0, 0.1) is 0 Å². The quantitative estimate of drug-likeness (QED) is 0.677. The van der Waals surface area contributed by atoms with Crippen LogP contribution in [0.1, 0.15) is 19.3 Å². The molecule has 0 aromatic rings. The van der Waals surface area contributed by atoms with Crippen molar-refractivity contribution < 1.29 is 14.7 Å². The van der Waals surface area contributed by atoms with Gasteiger partial charge in [0.2, 0.25) is 5.91 Å². The molecule has 0 aromatic carbocycles. The summed E-state index contributed by atoms with van der Waals surface area (Å²) in [6.45, 7) is 0.697. The molecule has 1 aliphatic carbocycles. The van der Waals surface area contributed by atoms with Crippen molar-refractivity contribution in [1.82, 2.24) is 9.80 Å². The Morgan fingerprint density at radius 1 is 1.33 bits per heavy atom. The van der Waals surface area contributed by atoms with E-state index in [1.807, 2.05) is 14.1 Å². The first-order valence-corrected chi connectivity index (χ1v) is 5.16. The number of aliphatic carboxylic acids is 1. The molecule has 0 saturated heterocycles. The zero-order valence-electron chi connectivity index (χ0n) is 9.27. The van der Waals surface area contributed by atoms with Crippen LogP contribution < -0.4 is 0 Å². The summed E-state index contributed by atoms with van der Waals surface area (Å²) in [5.41, 5.74) is 0. The molecule has 1 amide bonds. The number of hydrogen-bond acceptors (Lipinski definition) is 3. The SMILES string of the molecule is CN(C)CC(=O)N(CCC(=O)O)C1CC1. The Morgan fingerprint density at radius 2 is 1.93 bits per heavy atom. The molecular formula is C10H18N2O3. The van der Waals surface area contributed by atoms with Crippen LogP contribution in [0.3, 0.4) is 0 Å². The Kier molecular flexibility index (Phi) is 4.08. The highest BCUT2D eigenvalue weighted by Gasteiger charge is 2.32. The van der Waals surface area contributed by atoms with E-state index in [-0.39, 0.29) is 18.4 Å². The van der Waals surface area contributed by atoms with Gasteiger partial charge in [0, 0.05) is 12.6 Å². The van der Waals surface area contributed by atoms with E-state index < -0.39 is 5.97 Å². The average molecular weight is 214 g/mol. The topological polar surface area (TPSA) is 60.9 Å². The van der Waals surface area contributed by atoms with Gasteiger partial charge in [-0.25, -0.2) is 0 Å². The van der Waals surface area contributed by atoms with Crippen LogP contribution in [0.2, 0.25) is 0 Å². The van der Waals surface area contributed by atoms with Crippen molar-refractivity contribution in [2.75, 3.05) is 27.2 Å². The third-order valence-electron chi connectivity index (χ3n) is 2.33. The molecule has 1 rings (SSSR count). The Morgan fingerprint density at radius 3 is 2.33 bits per heavy atom. The summed E-state index contributed by atoms with van der Waals surface area (Å²) in [4.78, 5) is 25.7. The van der Waals surface area contributed by atoms with E-state index >= 15 is 0 Å². The van der Waals surface area contributed by atoms with Gasteiger partial charge in [0.15, 0.2) is 0 Å². The maximum atomic E-state index is 11.7. The lowest BCUT2D eigenvalue weighted by atomic mass is 10.3. The first-order valence-electron chi connectivity index (χ1n) is 5.16. The van der Waals surface area contributed by atoms with E-state index in [0.29, 0.717) is 13.1 Å². The lowest BCUT2D eigenvalue weighted by Crippen LogP contribution is -2.40. The fourth-order valence-electron chi connectivity index (χ4n) is 1.47. The Hall–Kier alpha value is -1.10. The number of hydrogen-bond donors (Lipinski definition) is 1. The van der Waals surface area contributed by atoms with Gasteiger partial charge in [-0.05, 0) is 26.9 Å². The molecule has 0 atom stereocenters. The van der Waals surface area contributed by atoms with Gasteiger partial charge in [-0.15, -0.1) is 0 Å². The summed E-state index contributed by atoms with van der Waals surface area (Å²) < 4.78 is 0. The highest BCUT2D eigenvalue weighted by molar-refractivity contribution is 5.79. The minimum atomic E-state index is -0.849. The minimum Gasteiger partial charge on any atom is -0.481 e. The number of carboxylic acid groups (broad SMARTS) is 1. The lowest BCUT2D eigenvalue weighted by molar-refractivity contribution is -0.138. The predicted molar refractivity (Wildman–Crippen MR) is 55.5 cm³/mol. The fraction of sp³-hybridized carbons (Fsp3) is 0.800. The Bertz CT molecular complexity index is 249. The van der Waals surface area contributed by atoms with Crippen molar-refractivity contribution in [3.8, 4) is 0 Å². The monoisotopic (exact) mass is 214 g/mol. The molecule has 0 spiro atoms. The fourth-order valence-corrected chi connectivity index (χ4v) is 1.47. The summed E-state index contributed by atoms with van der Waals surface area (Å²) >= 11 is 0. The maximum Gasteiger partial charge on any atom is 0.305 e. The molecule has 1 saturated carbocycles. The van der Waals surface area contributed by atoms with Gasteiger partial charge in [0.25, 0.3) is 0 Å². The van der Waals surface area contributed by atoms with E-state index in [1.165, 1.54) is 0 Å². The second kappa shape index (κ2) is 5.11. The van der Waals surface area contributed by atoms with Gasteiger partial charge in [0.1, 0.15) is 0 Å². The van der Waals surface area contributed by atoms with E-state index in [0.717, 1.165) is 12.8 Å². The van der Waals surface area contributed by atoms with Crippen LogP contribution in [0.25, 0.3) is 0 Å². The summed E-state index contributed by atoms with van der Waals surface area (Å²) in [7, 11) is 3.67. The number of carbonyl (C=O) groups is 2. The van der Waals surface area contributed by atoms with Crippen molar-refractivity contribution in [2.24, 2.45) is 0 Å². The van der Waals surface area contributed by atoms with Crippen LogP contribution in [0.4, 0.5) is 0 Å². The largest absolute Gasteiger partial charge is 0.481 e. The third-order valence-corrected chi connectivity index (χ3v) is 2.33. The van der Waals surface area contributed by atoms with Gasteiger partial charge in [-0.1, -0.05) is 0 Å². The molecule has 86 valence electrons. The van der Waals surface area contributed by atoms with Crippen molar-refractivity contribution in [3.05, 3.63) is 0 Å². The van der Waals surface area contributed by atoms with Gasteiger partial charge in [-0.2, -0.15) is 0 Å². The normalized spacial score (nSPS) is 15.4. The van der Waals surface area contributed by atoms with Crippen LogP contribution in [-0.2, 0) is 9.59 Å². The standard InChI is InChI=1S/C10H18N2O3/c1-11(2)7-9(13)12(8-3-4-8)6-5-10(14)15/h8H,3-7H2,1-2H3,(H,14,15). The van der Waals surface area contributed by atoms with E-state index in [2.05, 4.69) is 0 Å². The average Bonchev–Trinajstić information content (AvgIpc) is 2.86. The summed E-state index contributed by atoms with van der Waals surface area (Å²) in [5.74, 6) is -0.818. The highest BCUT2D eigenvalue weighted by Crippen LogP contribution is 2.27. The molecule has 5 heteroatoms. The summed E-state index contributed by atoms with van der Waals surface area (Å²) in [6.07, 6.45) is 2.06. The Balaban J connectivity index is 2.42. The molecule has 0 aliphatic heterocycles. The zero-order chi connectivity index (χ0) is 11.4. The van der Waals surface area contributed by atoms with Crippen LogP contribution in [0.15, 0.2) is 0 Å². The van der Waals surface area contributed by atoms with Crippen LogP contribution >= 0.6 is 0 Å². The number of carboxylic acids is 1. The number of amides is 1.